The molecule has 1 saturated carbocycles. The fourth-order valence-corrected chi connectivity index (χ4v) is 1.99. The summed E-state index contributed by atoms with van der Waals surface area (Å²) in [7, 11) is 1.68. The van der Waals surface area contributed by atoms with Gasteiger partial charge in [0.15, 0.2) is 0 Å². The van der Waals surface area contributed by atoms with E-state index >= 15 is 0 Å². The average Bonchev–Trinajstić information content (AvgIpc) is 3.01. The van der Waals surface area contributed by atoms with Crippen LogP contribution >= 0.6 is 11.6 Å². The molecule has 1 aromatic carbocycles. The third-order valence-corrected chi connectivity index (χ3v) is 3.65. The maximum Gasteiger partial charge on any atom is 0.123 e. The van der Waals surface area contributed by atoms with Crippen molar-refractivity contribution in [3.05, 3.63) is 28.3 Å². The van der Waals surface area contributed by atoms with Gasteiger partial charge < -0.3 is 15.8 Å². The van der Waals surface area contributed by atoms with Crippen molar-refractivity contribution in [1.29, 1.82) is 0 Å². The molecule has 4 heteroatoms. The van der Waals surface area contributed by atoms with Gasteiger partial charge in [-0.2, -0.15) is 0 Å². The van der Waals surface area contributed by atoms with Gasteiger partial charge in [0.1, 0.15) is 5.75 Å². The van der Waals surface area contributed by atoms with E-state index in [1.807, 2.05) is 19.1 Å². The molecule has 1 aliphatic rings. The number of halogens is 1. The highest BCUT2D eigenvalue weighted by Gasteiger charge is 2.37. The molecule has 17 heavy (non-hydrogen) atoms. The molecule has 3 N–H and O–H groups in total. The Hall–Kier alpha value is -0.770. The van der Waals surface area contributed by atoms with Crippen molar-refractivity contribution in [3.63, 3.8) is 0 Å². The molecule has 1 aromatic rings. The van der Waals surface area contributed by atoms with Gasteiger partial charge in [-0.1, -0.05) is 11.6 Å². The lowest BCUT2D eigenvalue weighted by atomic mass is 10.1. The maximum atomic E-state index is 6.12. The van der Waals surface area contributed by atoms with Crippen molar-refractivity contribution in [2.75, 3.05) is 13.7 Å². The minimum absolute atomic E-state index is 0.0295. The van der Waals surface area contributed by atoms with E-state index in [9.17, 15) is 0 Å². The van der Waals surface area contributed by atoms with Crippen LogP contribution in [0.2, 0.25) is 5.02 Å². The first-order chi connectivity index (χ1) is 8.04. The van der Waals surface area contributed by atoms with Crippen LogP contribution in [-0.4, -0.2) is 19.2 Å². The van der Waals surface area contributed by atoms with Crippen LogP contribution in [0.25, 0.3) is 0 Å². The molecule has 0 spiro atoms. The molecule has 0 unspecified atom stereocenters. The third-order valence-electron chi connectivity index (χ3n) is 3.25. The van der Waals surface area contributed by atoms with Gasteiger partial charge in [0.05, 0.1) is 7.11 Å². The quantitative estimate of drug-likeness (QED) is 0.847. The number of nitrogens with one attached hydrogen (secondary N) is 1. The predicted molar refractivity (Wildman–Crippen MR) is 70.6 cm³/mol. The lowest BCUT2D eigenvalue weighted by Gasteiger charge is -2.14. The van der Waals surface area contributed by atoms with Crippen molar-refractivity contribution in [2.24, 2.45) is 5.73 Å². The predicted octanol–water partition coefficient (Wildman–Crippen LogP) is 2.24. The summed E-state index contributed by atoms with van der Waals surface area (Å²) < 4.78 is 5.35. The molecule has 2 rings (SSSR count). The van der Waals surface area contributed by atoms with E-state index in [0.29, 0.717) is 0 Å². The molecule has 0 radical (unpaired) electrons. The zero-order chi connectivity index (χ0) is 12.5. The number of methoxy groups -OCH3 is 1. The molecule has 0 aliphatic heterocycles. The molecule has 1 fully saturated rings. The van der Waals surface area contributed by atoms with Crippen molar-refractivity contribution in [3.8, 4) is 5.75 Å². The Balaban J connectivity index is 2.01. The Labute approximate surface area is 107 Å². The average molecular weight is 255 g/mol. The molecule has 0 atom stereocenters. The summed E-state index contributed by atoms with van der Waals surface area (Å²) in [5, 5.41) is 4.14. The number of ether oxygens (including phenoxy) is 1. The highest BCUT2D eigenvalue weighted by molar-refractivity contribution is 6.31. The van der Waals surface area contributed by atoms with Gasteiger partial charge >= 0.3 is 0 Å². The van der Waals surface area contributed by atoms with Gasteiger partial charge in [-0.25, -0.2) is 0 Å². The van der Waals surface area contributed by atoms with Crippen LogP contribution in [-0.2, 0) is 6.54 Å². The summed E-state index contributed by atoms with van der Waals surface area (Å²) >= 11 is 6.12. The summed E-state index contributed by atoms with van der Waals surface area (Å²) in [4.78, 5) is 0. The van der Waals surface area contributed by atoms with Crippen LogP contribution in [0.5, 0.6) is 5.75 Å². The maximum absolute atomic E-state index is 6.12. The van der Waals surface area contributed by atoms with Crippen molar-refractivity contribution < 1.29 is 4.74 Å². The molecule has 0 saturated heterocycles. The minimum atomic E-state index is 0.0295. The molecule has 0 bridgehead atoms. The van der Waals surface area contributed by atoms with Crippen LogP contribution < -0.4 is 15.8 Å². The first-order valence-electron chi connectivity index (χ1n) is 5.87. The van der Waals surface area contributed by atoms with Crippen LogP contribution in [0.1, 0.15) is 24.0 Å². The monoisotopic (exact) mass is 254 g/mol. The third kappa shape index (κ3) is 3.12. The molecule has 1 aliphatic carbocycles. The summed E-state index contributed by atoms with van der Waals surface area (Å²) in [5.74, 6) is 0.876. The highest BCUT2D eigenvalue weighted by atomic mass is 35.5. The van der Waals surface area contributed by atoms with Crippen LogP contribution in [0, 0.1) is 6.92 Å². The number of aryl methyl sites for hydroxylation is 1. The fraction of sp³-hybridized carbons (Fsp3) is 0.538. The number of hydrogen-bond acceptors (Lipinski definition) is 3. The number of nitrogens with two attached hydrogens (primary N) is 1. The second kappa shape index (κ2) is 4.84. The van der Waals surface area contributed by atoms with E-state index < -0.39 is 0 Å². The Bertz CT molecular complexity index is 416. The minimum Gasteiger partial charge on any atom is -0.496 e. The van der Waals surface area contributed by atoms with Gasteiger partial charge in [0.2, 0.25) is 0 Å². The Morgan fingerprint density at radius 3 is 2.76 bits per heavy atom. The Morgan fingerprint density at radius 1 is 1.47 bits per heavy atom. The van der Waals surface area contributed by atoms with Crippen LogP contribution in [0.15, 0.2) is 12.1 Å². The second-order valence-corrected chi connectivity index (χ2v) is 5.29. The number of benzene rings is 1. The van der Waals surface area contributed by atoms with Gasteiger partial charge in [0.25, 0.3) is 0 Å². The summed E-state index contributed by atoms with van der Waals surface area (Å²) in [6.07, 6.45) is 2.23. The molecule has 0 amide bonds. The molecular weight excluding hydrogens is 236 g/mol. The largest absolute Gasteiger partial charge is 0.496 e. The van der Waals surface area contributed by atoms with Crippen molar-refractivity contribution >= 4 is 11.6 Å². The zero-order valence-corrected chi connectivity index (χ0v) is 11.1. The summed E-state index contributed by atoms with van der Waals surface area (Å²) in [5.41, 5.74) is 8.15. The van der Waals surface area contributed by atoms with E-state index in [0.717, 1.165) is 47.8 Å². The van der Waals surface area contributed by atoms with E-state index in [2.05, 4.69) is 5.32 Å². The topological polar surface area (TPSA) is 47.3 Å². The fourth-order valence-electron chi connectivity index (χ4n) is 1.81. The van der Waals surface area contributed by atoms with E-state index in [1.165, 1.54) is 0 Å². The number of hydrogen-bond donors (Lipinski definition) is 2. The van der Waals surface area contributed by atoms with Crippen LogP contribution in [0.3, 0.4) is 0 Å². The normalized spacial score (nSPS) is 16.9. The van der Waals surface area contributed by atoms with Gasteiger partial charge in [-0.15, -0.1) is 0 Å². The van der Waals surface area contributed by atoms with E-state index in [-0.39, 0.29) is 5.54 Å². The summed E-state index contributed by atoms with van der Waals surface area (Å²) in [6, 6.07) is 3.92. The van der Waals surface area contributed by atoms with Gasteiger partial charge in [-0.05, 0) is 37.5 Å². The Morgan fingerprint density at radius 2 is 2.18 bits per heavy atom. The van der Waals surface area contributed by atoms with E-state index in [1.54, 1.807) is 7.11 Å². The first-order valence-corrected chi connectivity index (χ1v) is 6.24. The molecule has 94 valence electrons. The zero-order valence-electron chi connectivity index (χ0n) is 10.3. The SMILES string of the molecule is COc1cc(C)c(Cl)cc1CNCC1(N)CC1. The summed E-state index contributed by atoms with van der Waals surface area (Å²) in [6.45, 7) is 3.56. The lowest BCUT2D eigenvalue weighted by molar-refractivity contribution is 0.406. The first kappa shape index (κ1) is 12.7. The van der Waals surface area contributed by atoms with Gasteiger partial charge in [-0.3, -0.25) is 0 Å². The van der Waals surface area contributed by atoms with Crippen molar-refractivity contribution in [1.82, 2.24) is 5.32 Å². The standard InChI is InChI=1S/C13H19ClN2O/c1-9-5-12(17-2)10(6-11(9)14)7-16-8-13(15)3-4-13/h5-6,16H,3-4,7-8,15H2,1-2H3. The van der Waals surface area contributed by atoms with Crippen molar-refractivity contribution in [2.45, 2.75) is 31.8 Å². The number of rotatable bonds is 5. The Kier molecular flexibility index (Phi) is 3.61. The van der Waals surface area contributed by atoms with Crippen LogP contribution in [0.4, 0.5) is 0 Å². The smallest absolute Gasteiger partial charge is 0.123 e. The van der Waals surface area contributed by atoms with E-state index in [4.69, 9.17) is 22.1 Å². The highest BCUT2D eigenvalue weighted by Crippen LogP contribution is 2.31. The molecular formula is C13H19ClN2O. The molecule has 3 nitrogen and oxygen atoms in total. The molecule has 0 aromatic heterocycles. The van der Waals surface area contributed by atoms with Gasteiger partial charge in [0, 0.05) is 29.2 Å². The second-order valence-electron chi connectivity index (χ2n) is 4.88. The molecule has 0 heterocycles. The lowest BCUT2D eigenvalue weighted by Crippen LogP contribution is -2.35.